The molecule has 0 fully saturated rings. The largest absolute Gasteiger partial charge is 0.485 e. The Morgan fingerprint density at radius 2 is 1.86 bits per heavy atom. The first-order chi connectivity index (χ1) is 10.8. The highest BCUT2D eigenvalue weighted by Crippen LogP contribution is 2.31. The van der Waals surface area contributed by atoms with Crippen LogP contribution in [0.15, 0.2) is 42.5 Å². The van der Waals surface area contributed by atoms with Gasteiger partial charge in [-0.2, -0.15) is 0 Å². The number of amides is 1. The quantitative estimate of drug-likeness (QED) is 0.926. The Labute approximate surface area is 129 Å². The Bertz CT molecular complexity index is 726. The normalized spacial score (nSPS) is 18.6. The van der Waals surface area contributed by atoms with Crippen molar-refractivity contribution in [1.82, 2.24) is 0 Å². The average Bonchev–Trinajstić information content (AvgIpc) is 3.02. The number of carbonyl (C=O) groups excluding carboxylic acids is 1. The maximum absolute atomic E-state index is 12.4. The number of anilines is 1. The minimum absolute atomic E-state index is 0.174. The molecule has 2 aliphatic rings. The van der Waals surface area contributed by atoms with E-state index in [1.54, 1.807) is 0 Å². The molecule has 0 saturated carbocycles. The van der Waals surface area contributed by atoms with E-state index in [2.05, 4.69) is 17.4 Å². The molecule has 0 unspecified atom stereocenters. The third-order valence-electron chi connectivity index (χ3n) is 4.17. The van der Waals surface area contributed by atoms with Gasteiger partial charge in [-0.15, -0.1) is 0 Å². The summed E-state index contributed by atoms with van der Waals surface area (Å²) in [5.74, 6) is 1.12. The van der Waals surface area contributed by atoms with Gasteiger partial charge in [0.2, 0.25) is 6.10 Å². The van der Waals surface area contributed by atoms with Crippen LogP contribution >= 0.6 is 0 Å². The molecular weight excluding hydrogens is 278 g/mol. The van der Waals surface area contributed by atoms with Gasteiger partial charge in [0, 0.05) is 5.69 Å². The number of ether oxygens (including phenoxy) is 2. The fraction of sp³-hybridized carbons (Fsp3) is 0.278. The summed E-state index contributed by atoms with van der Waals surface area (Å²) in [7, 11) is 0. The number of nitrogens with one attached hydrogen (secondary N) is 1. The summed E-state index contributed by atoms with van der Waals surface area (Å²) in [5.41, 5.74) is 3.56. The van der Waals surface area contributed by atoms with Gasteiger partial charge < -0.3 is 14.8 Å². The van der Waals surface area contributed by atoms with Crippen molar-refractivity contribution in [2.24, 2.45) is 0 Å². The number of fused-ring (bicyclic) bond motifs is 2. The van der Waals surface area contributed by atoms with Crippen LogP contribution in [-0.2, 0) is 17.6 Å². The van der Waals surface area contributed by atoms with Gasteiger partial charge in [0.05, 0.1) is 0 Å². The van der Waals surface area contributed by atoms with Crippen LogP contribution in [-0.4, -0.2) is 18.6 Å². The summed E-state index contributed by atoms with van der Waals surface area (Å²) in [6.07, 6.45) is 2.81. The van der Waals surface area contributed by atoms with E-state index in [1.165, 1.54) is 17.5 Å². The zero-order chi connectivity index (χ0) is 14.9. The molecule has 0 radical (unpaired) electrons. The summed E-state index contributed by atoms with van der Waals surface area (Å²) in [5, 5.41) is 2.93. The number of rotatable bonds is 2. The van der Waals surface area contributed by atoms with Crippen molar-refractivity contribution >= 4 is 11.6 Å². The van der Waals surface area contributed by atoms with Gasteiger partial charge in [-0.05, 0) is 54.7 Å². The summed E-state index contributed by atoms with van der Waals surface area (Å²) in [4.78, 5) is 12.4. The van der Waals surface area contributed by atoms with Gasteiger partial charge in [0.15, 0.2) is 11.5 Å². The second kappa shape index (κ2) is 5.37. The van der Waals surface area contributed by atoms with E-state index in [1.807, 2.05) is 30.3 Å². The number of para-hydroxylation sites is 2. The predicted molar refractivity (Wildman–Crippen MR) is 83.4 cm³/mol. The fourth-order valence-corrected chi connectivity index (χ4v) is 3.02. The van der Waals surface area contributed by atoms with Crippen LogP contribution in [0.1, 0.15) is 17.5 Å². The number of hydrogen-bond acceptors (Lipinski definition) is 3. The first-order valence-corrected chi connectivity index (χ1v) is 7.61. The Hall–Kier alpha value is -2.49. The zero-order valence-electron chi connectivity index (χ0n) is 12.2. The molecule has 0 aromatic heterocycles. The lowest BCUT2D eigenvalue weighted by molar-refractivity contribution is -0.125. The van der Waals surface area contributed by atoms with Crippen molar-refractivity contribution in [3.8, 4) is 11.5 Å². The number of aryl methyl sites for hydroxylation is 2. The first-order valence-electron chi connectivity index (χ1n) is 7.61. The van der Waals surface area contributed by atoms with Crippen molar-refractivity contribution in [3.05, 3.63) is 53.6 Å². The third-order valence-corrected chi connectivity index (χ3v) is 4.17. The van der Waals surface area contributed by atoms with E-state index >= 15 is 0 Å². The Kier molecular flexibility index (Phi) is 3.22. The van der Waals surface area contributed by atoms with E-state index < -0.39 is 6.10 Å². The van der Waals surface area contributed by atoms with E-state index in [-0.39, 0.29) is 12.5 Å². The minimum atomic E-state index is -0.622. The summed E-state index contributed by atoms with van der Waals surface area (Å²) >= 11 is 0. The van der Waals surface area contributed by atoms with E-state index in [4.69, 9.17) is 9.47 Å². The topological polar surface area (TPSA) is 47.6 Å². The number of carbonyl (C=O) groups is 1. The molecule has 2 aromatic carbocycles. The molecule has 2 aromatic rings. The van der Waals surface area contributed by atoms with Crippen LogP contribution in [0.5, 0.6) is 11.5 Å². The average molecular weight is 295 g/mol. The second-order valence-corrected chi connectivity index (χ2v) is 5.69. The van der Waals surface area contributed by atoms with E-state index in [9.17, 15) is 4.79 Å². The monoisotopic (exact) mass is 295 g/mol. The molecule has 0 saturated heterocycles. The van der Waals surface area contributed by atoms with Gasteiger partial charge in [-0.3, -0.25) is 4.79 Å². The smallest absolute Gasteiger partial charge is 0.269 e. The lowest BCUT2D eigenvalue weighted by Gasteiger charge is -2.25. The maximum atomic E-state index is 12.4. The predicted octanol–water partition coefficient (Wildman–Crippen LogP) is 2.95. The highest BCUT2D eigenvalue weighted by atomic mass is 16.6. The lowest BCUT2D eigenvalue weighted by Crippen LogP contribution is -2.40. The highest BCUT2D eigenvalue weighted by Gasteiger charge is 2.27. The van der Waals surface area contributed by atoms with Crippen molar-refractivity contribution in [2.45, 2.75) is 25.4 Å². The zero-order valence-corrected chi connectivity index (χ0v) is 12.2. The molecule has 0 spiro atoms. The van der Waals surface area contributed by atoms with Gasteiger partial charge in [0.1, 0.15) is 6.61 Å². The van der Waals surface area contributed by atoms with Crippen molar-refractivity contribution in [1.29, 1.82) is 0 Å². The molecule has 4 heteroatoms. The molecule has 22 heavy (non-hydrogen) atoms. The van der Waals surface area contributed by atoms with Crippen LogP contribution in [0.2, 0.25) is 0 Å². The van der Waals surface area contributed by atoms with Crippen LogP contribution < -0.4 is 14.8 Å². The Morgan fingerprint density at radius 1 is 1.05 bits per heavy atom. The molecule has 1 N–H and O–H groups in total. The second-order valence-electron chi connectivity index (χ2n) is 5.69. The fourth-order valence-electron chi connectivity index (χ4n) is 3.02. The van der Waals surface area contributed by atoms with Gasteiger partial charge in [0.25, 0.3) is 5.91 Å². The van der Waals surface area contributed by atoms with E-state index in [0.717, 1.165) is 18.5 Å². The number of hydrogen-bond donors (Lipinski definition) is 1. The molecule has 4 nitrogen and oxygen atoms in total. The maximum Gasteiger partial charge on any atom is 0.269 e. The molecule has 1 heterocycles. The lowest BCUT2D eigenvalue weighted by atomic mass is 10.1. The number of benzene rings is 2. The van der Waals surface area contributed by atoms with Crippen LogP contribution in [0.4, 0.5) is 5.69 Å². The van der Waals surface area contributed by atoms with Crippen LogP contribution in [0.3, 0.4) is 0 Å². The van der Waals surface area contributed by atoms with Gasteiger partial charge >= 0.3 is 0 Å². The molecule has 1 atom stereocenters. The Balaban J connectivity index is 1.47. The molecular formula is C18H17NO3. The molecule has 1 aliphatic carbocycles. The molecule has 1 amide bonds. The van der Waals surface area contributed by atoms with E-state index in [0.29, 0.717) is 11.5 Å². The van der Waals surface area contributed by atoms with Crippen LogP contribution in [0.25, 0.3) is 0 Å². The molecule has 0 bridgehead atoms. The summed E-state index contributed by atoms with van der Waals surface area (Å²) in [6.45, 7) is 0.230. The summed E-state index contributed by atoms with van der Waals surface area (Å²) < 4.78 is 11.3. The summed E-state index contributed by atoms with van der Waals surface area (Å²) in [6, 6.07) is 13.5. The third kappa shape index (κ3) is 2.41. The highest BCUT2D eigenvalue weighted by molar-refractivity contribution is 5.94. The molecule has 4 rings (SSSR count). The van der Waals surface area contributed by atoms with Crippen LogP contribution in [0, 0.1) is 0 Å². The van der Waals surface area contributed by atoms with Gasteiger partial charge in [-0.1, -0.05) is 18.2 Å². The molecule has 112 valence electrons. The minimum Gasteiger partial charge on any atom is -0.485 e. The standard InChI is InChI=1S/C18H17NO3/c20-18(17-11-21-15-6-1-2-7-16(15)22-17)19-14-9-8-12-4-3-5-13(12)10-14/h1-2,6-10,17H,3-5,11H2,(H,19,20)/t17-/m0/s1. The Morgan fingerprint density at radius 3 is 2.77 bits per heavy atom. The van der Waals surface area contributed by atoms with Crippen molar-refractivity contribution in [2.75, 3.05) is 11.9 Å². The molecule has 1 aliphatic heterocycles. The van der Waals surface area contributed by atoms with Crippen molar-refractivity contribution in [3.63, 3.8) is 0 Å². The SMILES string of the molecule is O=C(Nc1ccc2c(c1)CCC2)[C@@H]1COc2ccccc2O1. The van der Waals surface area contributed by atoms with Gasteiger partial charge in [-0.25, -0.2) is 0 Å². The first kappa shape index (κ1) is 13.2. The van der Waals surface area contributed by atoms with Crippen molar-refractivity contribution < 1.29 is 14.3 Å².